The number of nitrogens with one attached hydrogen (secondary N) is 1. The molecule has 3 rings (SSSR count). The molecular weight excluding hydrogens is 286 g/mol. The molecule has 2 aliphatic heterocycles. The fraction of sp³-hybridized carbons (Fsp3) is 0.632. The minimum absolute atomic E-state index is 0.190. The summed E-state index contributed by atoms with van der Waals surface area (Å²) in [6, 6.07) is 10.7. The molecule has 2 fully saturated rings. The zero-order valence-electron chi connectivity index (χ0n) is 14.2. The lowest BCUT2D eigenvalue weighted by atomic mass is 9.97. The molecule has 126 valence electrons. The van der Waals surface area contributed by atoms with Crippen LogP contribution in [0.25, 0.3) is 0 Å². The van der Waals surface area contributed by atoms with Crippen LogP contribution in [-0.4, -0.2) is 55.5 Å². The van der Waals surface area contributed by atoms with Crippen molar-refractivity contribution >= 4 is 5.91 Å². The molecule has 0 radical (unpaired) electrons. The Labute approximate surface area is 139 Å². The number of hydrogen-bond acceptors (Lipinski definition) is 3. The molecule has 1 aromatic rings. The standard InChI is InChI=1S/C19H29N3O/c1-21(19(23)18-8-5-10-20-12-18)13-17-9-11-22(15-17)14-16-6-3-2-4-7-16/h2-4,6-7,17-18,20H,5,8-15H2,1H3. The van der Waals surface area contributed by atoms with E-state index >= 15 is 0 Å². The molecule has 0 spiro atoms. The Kier molecular flexibility index (Phi) is 5.68. The maximum atomic E-state index is 12.5. The van der Waals surface area contributed by atoms with Crippen LogP contribution < -0.4 is 5.32 Å². The van der Waals surface area contributed by atoms with Gasteiger partial charge in [0.15, 0.2) is 0 Å². The third kappa shape index (κ3) is 4.55. The number of piperidine rings is 1. The van der Waals surface area contributed by atoms with Gasteiger partial charge in [-0.1, -0.05) is 30.3 Å². The van der Waals surface area contributed by atoms with E-state index in [0.29, 0.717) is 11.8 Å². The molecule has 4 heteroatoms. The monoisotopic (exact) mass is 315 g/mol. The first-order valence-electron chi connectivity index (χ1n) is 8.94. The van der Waals surface area contributed by atoms with Gasteiger partial charge in [-0.15, -0.1) is 0 Å². The topological polar surface area (TPSA) is 35.6 Å². The van der Waals surface area contributed by atoms with E-state index in [0.717, 1.165) is 52.1 Å². The number of amides is 1. The number of benzene rings is 1. The molecule has 1 aromatic carbocycles. The van der Waals surface area contributed by atoms with Crippen molar-refractivity contribution in [3.8, 4) is 0 Å². The van der Waals surface area contributed by atoms with Gasteiger partial charge in [-0.25, -0.2) is 0 Å². The van der Waals surface area contributed by atoms with Crippen molar-refractivity contribution in [2.45, 2.75) is 25.8 Å². The summed E-state index contributed by atoms with van der Waals surface area (Å²) in [5, 5.41) is 3.34. The van der Waals surface area contributed by atoms with Crippen molar-refractivity contribution < 1.29 is 4.79 Å². The van der Waals surface area contributed by atoms with Crippen molar-refractivity contribution in [3.63, 3.8) is 0 Å². The van der Waals surface area contributed by atoms with Crippen molar-refractivity contribution in [1.29, 1.82) is 0 Å². The third-order valence-corrected chi connectivity index (χ3v) is 5.17. The molecule has 23 heavy (non-hydrogen) atoms. The Morgan fingerprint density at radius 1 is 1.30 bits per heavy atom. The number of rotatable bonds is 5. The lowest BCUT2D eigenvalue weighted by Crippen LogP contribution is -2.43. The van der Waals surface area contributed by atoms with E-state index in [1.807, 2.05) is 11.9 Å². The SMILES string of the molecule is CN(CC1CCN(Cc2ccccc2)C1)C(=O)C1CCCNC1. The Morgan fingerprint density at radius 3 is 2.87 bits per heavy atom. The van der Waals surface area contributed by atoms with Crippen molar-refractivity contribution in [3.05, 3.63) is 35.9 Å². The quantitative estimate of drug-likeness (QED) is 0.902. The molecule has 2 saturated heterocycles. The highest BCUT2D eigenvalue weighted by Crippen LogP contribution is 2.21. The van der Waals surface area contributed by atoms with Gasteiger partial charge in [0.1, 0.15) is 0 Å². The molecule has 0 aliphatic carbocycles. The highest BCUT2D eigenvalue weighted by Gasteiger charge is 2.28. The fourth-order valence-electron chi connectivity index (χ4n) is 3.90. The summed E-state index contributed by atoms with van der Waals surface area (Å²) in [7, 11) is 1.98. The van der Waals surface area contributed by atoms with Gasteiger partial charge in [0, 0.05) is 33.2 Å². The number of hydrogen-bond donors (Lipinski definition) is 1. The Bertz CT molecular complexity index is 499. The maximum Gasteiger partial charge on any atom is 0.226 e. The molecule has 1 amide bonds. The van der Waals surface area contributed by atoms with Crippen LogP contribution in [0.4, 0.5) is 0 Å². The van der Waals surface area contributed by atoms with E-state index in [1.165, 1.54) is 12.0 Å². The molecule has 0 bridgehead atoms. The van der Waals surface area contributed by atoms with E-state index in [1.54, 1.807) is 0 Å². The molecule has 2 aliphatic rings. The van der Waals surface area contributed by atoms with Crippen LogP contribution in [0, 0.1) is 11.8 Å². The van der Waals surface area contributed by atoms with E-state index in [-0.39, 0.29) is 5.92 Å². The lowest BCUT2D eigenvalue weighted by Gasteiger charge is -2.28. The second-order valence-electron chi connectivity index (χ2n) is 7.14. The molecule has 2 atom stereocenters. The van der Waals surface area contributed by atoms with Crippen LogP contribution in [0.1, 0.15) is 24.8 Å². The van der Waals surface area contributed by atoms with E-state index in [9.17, 15) is 4.79 Å². The molecule has 1 N–H and O–H groups in total. The van der Waals surface area contributed by atoms with Crippen LogP contribution in [0.5, 0.6) is 0 Å². The Balaban J connectivity index is 1.44. The smallest absolute Gasteiger partial charge is 0.226 e. The number of nitrogens with zero attached hydrogens (tertiary/aromatic N) is 2. The fourth-order valence-corrected chi connectivity index (χ4v) is 3.90. The highest BCUT2D eigenvalue weighted by molar-refractivity contribution is 5.78. The number of likely N-dealkylation sites (tertiary alicyclic amines) is 1. The van der Waals surface area contributed by atoms with E-state index in [4.69, 9.17) is 0 Å². The van der Waals surface area contributed by atoms with Gasteiger partial charge >= 0.3 is 0 Å². The maximum absolute atomic E-state index is 12.5. The molecule has 0 saturated carbocycles. The predicted octanol–water partition coefficient (Wildman–Crippen LogP) is 1.97. The summed E-state index contributed by atoms with van der Waals surface area (Å²) in [6.07, 6.45) is 3.37. The summed E-state index contributed by atoms with van der Waals surface area (Å²) >= 11 is 0. The minimum atomic E-state index is 0.190. The average molecular weight is 315 g/mol. The van der Waals surface area contributed by atoms with Crippen LogP contribution in [0.2, 0.25) is 0 Å². The van der Waals surface area contributed by atoms with Crippen LogP contribution >= 0.6 is 0 Å². The van der Waals surface area contributed by atoms with Gasteiger partial charge in [-0.05, 0) is 43.8 Å². The van der Waals surface area contributed by atoms with E-state index < -0.39 is 0 Å². The summed E-state index contributed by atoms with van der Waals surface area (Å²) in [5.41, 5.74) is 1.38. The first-order chi connectivity index (χ1) is 11.2. The van der Waals surface area contributed by atoms with Crippen LogP contribution in [0.3, 0.4) is 0 Å². The second kappa shape index (κ2) is 7.93. The van der Waals surface area contributed by atoms with Crippen LogP contribution in [0.15, 0.2) is 30.3 Å². The normalized spacial score (nSPS) is 25.4. The van der Waals surface area contributed by atoms with Gasteiger partial charge < -0.3 is 10.2 Å². The average Bonchev–Trinajstić information content (AvgIpc) is 3.02. The lowest BCUT2D eigenvalue weighted by molar-refractivity contribution is -0.135. The highest BCUT2D eigenvalue weighted by atomic mass is 16.2. The molecule has 4 nitrogen and oxygen atoms in total. The molecular formula is C19H29N3O. The second-order valence-corrected chi connectivity index (χ2v) is 7.14. The first-order valence-corrected chi connectivity index (χ1v) is 8.94. The van der Waals surface area contributed by atoms with Crippen molar-refractivity contribution in [2.24, 2.45) is 11.8 Å². The van der Waals surface area contributed by atoms with E-state index in [2.05, 4.69) is 40.5 Å². The number of carbonyl (C=O) groups is 1. The zero-order valence-corrected chi connectivity index (χ0v) is 14.2. The van der Waals surface area contributed by atoms with Gasteiger partial charge in [-0.2, -0.15) is 0 Å². The van der Waals surface area contributed by atoms with Gasteiger partial charge in [0.25, 0.3) is 0 Å². The molecule has 2 heterocycles. The Morgan fingerprint density at radius 2 is 2.13 bits per heavy atom. The molecule has 2 unspecified atom stereocenters. The zero-order chi connectivity index (χ0) is 16.1. The summed E-state index contributed by atoms with van der Waals surface area (Å²) < 4.78 is 0. The largest absolute Gasteiger partial charge is 0.345 e. The van der Waals surface area contributed by atoms with Crippen molar-refractivity contribution in [2.75, 3.05) is 39.8 Å². The molecule has 0 aromatic heterocycles. The van der Waals surface area contributed by atoms with Gasteiger partial charge in [0.05, 0.1) is 5.92 Å². The van der Waals surface area contributed by atoms with Crippen LogP contribution in [-0.2, 0) is 11.3 Å². The Hall–Kier alpha value is -1.39. The first kappa shape index (κ1) is 16.5. The van der Waals surface area contributed by atoms with Gasteiger partial charge in [0.2, 0.25) is 5.91 Å². The minimum Gasteiger partial charge on any atom is -0.345 e. The predicted molar refractivity (Wildman–Crippen MR) is 93.1 cm³/mol. The summed E-state index contributed by atoms with van der Waals surface area (Å²) in [6.45, 7) is 6.10. The summed E-state index contributed by atoms with van der Waals surface area (Å²) in [5.74, 6) is 1.14. The third-order valence-electron chi connectivity index (χ3n) is 5.17. The van der Waals surface area contributed by atoms with Gasteiger partial charge in [-0.3, -0.25) is 9.69 Å². The van der Waals surface area contributed by atoms with Crippen molar-refractivity contribution in [1.82, 2.24) is 15.1 Å². The number of carbonyl (C=O) groups excluding carboxylic acids is 1. The summed E-state index contributed by atoms with van der Waals surface area (Å²) in [4.78, 5) is 17.0.